The third-order valence-corrected chi connectivity index (χ3v) is 5.19. The number of rotatable bonds is 3. The van der Waals surface area contributed by atoms with E-state index in [1.807, 2.05) is 35.2 Å². The van der Waals surface area contributed by atoms with Crippen LogP contribution in [0.2, 0.25) is 10.0 Å². The summed E-state index contributed by atoms with van der Waals surface area (Å²) >= 11 is 12.4. The van der Waals surface area contributed by atoms with Crippen LogP contribution in [-0.2, 0) is 13.0 Å². The van der Waals surface area contributed by atoms with Gasteiger partial charge in [0, 0.05) is 18.8 Å². The van der Waals surface area contributed by atoms with E-state index < -0.39 is 0 Å². The van der Waals surface area contributed by atoms with Gasteiger partial charge in [0.05, 0.1) is 15.7 Å². The largest absolute Gasteiger partial charge is 0.454 e. The molecule has 0 bridgehead atoms. The molecule has 3 aromatic carbocycles. The maximum atomic E-state index is 14.1. The Morgan fingerprint density at radius 1 is 0.963 bits per heavy atom. The van der Waals surface area contributed by atoms with Gasteiger partial charge in [0.2, 0.25) is 0 Å². The van der Waals surface area contributed by atoms with Crippen molar-refractivity contribution in [1.82, 2.24) is 0 Å². The van der Waals surface area contributed by atoms with Gasteiger partial charge in [-0.15, -0.1) is 0 Å². The molecule has 0 aromatic heterocycles. The van der Waals surface area contributed by atoms with Gasteiger partial charge in [-0.25, -0.2) is 4.39 Å². The third kappa shape index (κ3) is 3.68. The third-order valence-electron chi connectivity index (χ3n) is 4.62. The number of anilines is 2. The monoisotopic (exact) mass is 402 g/mol. The number of fused-ring (bicyclic) bond motifs is 1. The lowest BCUT2D eigenvalue weighted by Gasteiger charge is -2.31. The number of benzene rings is 3. The van der Waals surface area contributed by atoms with Crippen LogP contribution in [0.4, 0.5) is 15.8 Å². The summed E-state index contributed by atoms with van der Waals surface area (Å²) in [4.78, 5) is 2.05. The Bertz CT molecular complexity index is 986. The van der Waals surface area contributed by atoms with Gasteiger partial charge in [-0.05, 0) is 53.9 Å². The zero-order chi connectivity index (χ0) is 19.0. The zero-order valence-corrected chi connectivity index (χ0v) is 15.9. The van der Waals surface area contributed by atoms with Crippen molar-refractivity contribution in [1.29, 1.82) is 0 Å². The summed E-state index contributed by atoms with van der Waals surface area (Å²) < 4.78 is 20.0. The lowest BCUT2D eigenvalue weighted by atomic mass is 9.99. The molecule has 27 heavy (non-hydrogen) atoms. The summed E-state index contributed by atoms with van der Waals surface area (Å²) in [5, 5.41) is 0.729. The van der Waals surface area contributed by atoms with E-state index in [9.17, 15) is 4.39 Å². The normalized spacial score (nSPS) is 13.4. The Labute approximate surface area is 167 Å². The fraction of sp³-hybridized carbons (Fsp3) is 0.143. The minimum absolute atomic E-state index is 0.200. The number of nitrogens with zero attached hydrogens (tertiary/aromatic N) is 1. The number of nitrogen functional groups attached to an aromatic ring is 1. The van der Waals surface area contributed by atoms with Crippen LogP contribution in [0.3, 0.4) is 0 Å². The van der Waals surface area contributed by atoms with Gasteiger partial charge in [0.25, 0.3) is 0 Å². The topological polar surface area (TPSA) is 38.5 Å². The summed E-state index contributed by atoms with van der Waals surface area (Å²) in [5.41, 5.74) is 9.15. The van der Waals surface area contributed by atoms with E-state index in [0.29, 0.717) is 39.5 Å². The Kier molecular flexibility index (Phi) is 4.85. The van der Waals surface area contributed by atoms with Crippen molar-refractivity contribution in [2.45, 2.75) is 13.0 Å². The van der Waals surface area contributed by atoms with E-state index in [-0.39, 0.29) is 5.82 Å². The Morgan fingerprint density at radius 3 is 2.44 bits per heavy atom. The van der Waals surface area contributed by atoms with Gasteiger partial charge < -0.3 is 15.4 Å². The molecule has 0 unspecified atom stereocenters. The van der Waals surface area contributed by atoms with E-state index in [0.717, 1.165) is 18.5 Å². The van der Waals surface area contributed by atoms with E-state index in [2.05, 4.69) is 0 Å². The molecular weight excluding hydrogens is 386 g/mol. The molecule has 0 atom stereocenters. The summed E-state index contributed by atoms with van der Waals surface area (Å²) in [6.45, 7) is 1.39. The molecule has 0 saturated carbocycles. The number of ether oxygens (including phenoxy) is 1. The number of para-hydroxylation sites is 1. The molecule has 4 rings (SSSR count). The highest BCUT2D eigenvalue weighted by Gasteiger charge is 2.20. The van der Waals surface area contributed by atoms with Crippen LogP contribution < -0.4 is 15.4 Å². The zero-order valence-electron chi connectivity index (χ0n) is 14.4. The van der Waals surface area contributed by atoms with E-state index in [4.69, 9.17) is 33.7 Å². The second-order valence-electron chi connectivity index (χ2n) is 6.47. The fourth-order valence-electron chi connectivity index (χ4n) is 3.30. The van der Waals surface area contributed by atoms with Gasteiger partial charge in [-0.1, -0.05) is 41.4 Å². The molecule has 0 spiro atoms. The highest BCUT2D eigenvalue weighted by atomic mass is 35.5. The van der Waals surface area contributed by atoms with Crippen LogP contribution in [0.1, 0.15) is 11.1 Å². The van der Waals surface area contributed by atoms with Gasteiger partial charge in [-0.3, -0.25) is 0 Å². The van der Waals surface area contributed by atoms with E-state index in [1.54, 1.807) is 18.2 Å². The summed E-state index contributed by atoms with van der Waals surface area (Å²) in [6, 6.07) is 15.9. The molecule has 1 heterocycles. The highest BCUT2D eigenvalue weighted by Crippen LogP contribution is 2.39. The minimum Gasteiger partial charge on any atom is -0.454 e. The van der Waals surface area contributed by atoms with Crippen molar-refractivity contribution in [3.63, 3.8) is 0 Å². The Hall–Kier alpha value is -2.43. The second-order valence-corrected chi connectivity index (χ2v) is 7.28. The first-order valence-corrected chi connectivity index (χ1v) is 9.30. The van der Waals surface area contributed by atoms with E-state index in [1.165, 1.54) is 11.6 Å². The predicted octanol–water partition coefficient (Wildman–Crippen LogP) is 6.07. The first-order valence-electron chi connectivity index (χ1n) is 8.55. The maximum Gasteiger partial charge on any atom is 0.164 e. The minimum atomic E-state index is -0.200. The summed E-state index contributed by atoms with van der Waals surface area (Å²) in [5.74, 6) is 0.839. The van der Waals surface area contributed by atoms with Gasteiger partial charge >= 0.3 is 0 Å². The summed E-state index contributed by atoms with van der Waals surface area (Å²) in [7, 11) is 0. The first kappa shape index (κ1) is 18.0. The molecule has 0 fully saturated rings. The van der Waals surface area contributed by atoms with Crippen LogP contribution in [0, 0.1) is 5.82 Å². The Balaban J connectivity index is 1.57. The van der Waals surface area contributed by atoms with Crippen molar-refractivity contribution in [3.8, 4) is 11.5 Å². The van der Waals surface area contributed by atoms with Crippen LogP contribution in [-0.4, -0.2) is 6.54 Å². The number of halogens is 3. The molecule has 0 aliphatic carbocycles. The average molecular weight is 403 g/mol. The Morgan fingerprint density at radius 2 is 1.70 bits per heavy atom. The van der Waals surface area contributed by atoms with Crippen molar-refractivity contribution < 1.29 is 9.13 Å². The lowest BCUT2D eigenvalue weighted by molar-refractivity contribution is 0.481. The molecule has 1 aliphatic rings. The fourth-order valence-corrected chi connectivity index (χ4v) is 3.88. The van der Waals surface area contributed by atoms with Gasteiger partial charge in [0.15, 0.2) is 5.75 Å². The molecule has 2 N–H and O–H groups in total. The molecule has 138 valence electrons. The van der Waals surface area contributed by atoms with Crippen molar-refractivity contribution >= 4 is 34.6 Å². The van der Waals surface area contributed by atoms with Crippen LogP contribution >= 0.6 is 23.2 Å². The standard InChI is InChI=1S/C21H17Cl2FN2O/c22-17-10-15(25)11-18(23)21(17)27-16-6-5-14-12-26(8-7-13(14)9-16)20-4-2-1-3-19(20)24/h1-6,9-11H,7-8,12,25H2. The van der Waals surface area contributed by atoms with Crippen LogP contribution in [0.25, 0.3) is 0 Å². The van der Waals surface area contributed by atoms with Crippen molar-refractivity contribution in [3.05, 3.63) is 81.6 Å². The lowest BCUT2D eigenvalue weighted by Crippen LogP contribution is -2.30. The first-order chi connectivity index (χ1) is 13.0. The van der Waals surface area contributed by atoms with Crippen molar-refractivity contribution in [2.75, 3.05) is 17.2 Å². The maximum absolute atomic E-state index is 14.1. The predicted molar refractivity (Wildman–Crippen MR) is 109 cm³/mol. The average Bonchev–Trinajstić information content (AvgIpc) is 2.64. The molecule has 3 nitrogen and oxygen atoms in total. The van der Waals surface area contributed by atoms with Crippen LogP contribution in [0.15, 0.2) is 54.6 Å². The molecule has 0 saturated heterocycles. The van der Waals surface area contributed by atoms with Gasteiger partial charge in [0.1, 0.15) is 11.6 Å². The molecule has 0 radical (unpaired) electrons. The molecule has 1 aliphatic heterocycles. The van der Waals surface area contributed by atoms with Crippen LogP contribution in [0.5, 0.6) is 11.5 Å². The summed E-state index contributed by atoms with van der Waals surface area (Å²) in [6.07, 6.45) is 0.796. The van der Waals surface area contributed by atoms with Gasteiger partial charge in [-0.2, -0.15) is 0 Å². The van der Waals surface area contributed by atoms with E-state index >= 15 is 0 Å². The molecule has 6 heteroatoms. The number of nitrogens with two attached hydrogens (primary N) is 1. The molecule has 0 amide bonds. The molecular formula is C21H17Cl2FN2O. The smallest absolute Gasteiger partial charge is 0.164 e. The SMILES string of the molecule is Nc1cc(Cl)c(Oc2ccc3c(c2)CCN(c2ccccc2F)C3)c(Cl)c1. The quantitative estimate of drug-likeness (QED) is 0.540. The second kappa shape index (κ2) is 7.29. The number of hydrogen-bond donors (Lipinski definition) is 1. The molecule has 3 aromatic rings. The number of hydrogen-bond acceptors (Lipinski definition) is 3. The highest BCUT2D eigenvalue weighted by molar-refractivity contribution is 6.37. The van der Waals surface area contributed by atoms with Crippen molar-refractivity contribution in [2.24, 2.45) is 0 Å².